The van der Waals surface area contributed by atoms with E-state index < -0.39 is 0 Å². The summed E-state index contributed by atoms with van der Waals surface area (Å²) >= 11 is 0. The third kappa shape index (κ3) is 4.61. The highest BCUT2D eigenvalue weighted by Gasteiger charge is 2.35. The Morgan fingerprint density at radius 1 is 1.00 bits per heavy atom. The maximum absolute atomic E-state index is 13.1. The summed E-state index contributed by atoms with van der Waals surface area (Å²) in [7, 11) is 1.65. The molecule has 0 radical (unpaired) electrons. The molecule has 6 heteroatoms. The molecule has 180 valence electrons. The number of aryl methyl sites for hydroxylation is 3. The van der Waals surface area contributed by atoms with Crippen LogP contribution in [0.5, 0.6) is 11.5 Å². The quantitative estimate of drug-likeness (QED) is 0.313. The van der Waals surface area contributed by atoms with Crippen molar-refractivity contribution in [2.45, 2.75) is 39.2 Å². The van der Waals surface area contributed by atoms with E-state index >= 15 is 0 Å². The number of rotatable bonds is 8. The third-order valence-corrected chi connectivity index (χ3v) is 6.67. The van der Waals surface area contributed by atoms with Gasteiger partial charge in [0.25, 0.3) is 0 Å². The number of fused-ring (bicyclic) bond motifs is 1. The highest BCUT2D eigenvalue weighted by Crippen LogP contribution is 2.35. The van der Waals surface area contributed by atoms with E-state index in [1.165, 1.54) is 5.56 Å². The molecule has 4 aromatic rings. The number of hydrogen-bond acceptors (Lipinski definition) is 4. The first-order chi connectivity index (χ1) is 17.0. The molecule has 1 aliphatic rings. The zero-order valence-electron chi connectivity index (χ0n) is 20.5. The summed E-state index contributed by atoms with van der Waals surface area (Å²) < 4.78 is 13.7. The number of benzene rings is 3. The number of anilines is 1. The van der Waals surface area contributed by atoms with Crippen LogP contribution in [0.15, 0.2) is 66.7 Å². The van der Waals surface area contributed by atoms with Gasteiger partial charge in [-0.25, -0.2) is 4.98 Å². The second kappa shape index (κ2) is 9.82. The Labute approximate surface area is 206 Å². The molecule has 35 heavy (non-hydrogen) atoms. The van der Waals surface area contributed by atoms with Crippen molar-refractivity contribution in [2.75, 3.05) is 25.2 Å². The fourth-order valence-electron chi connectivity index (χ4n) is 5.01. The Bertz CT molecular complexity index is 1360. The molecular formula is C29H31N3O3. The van der Waals surface area contributed by atoms with Crippen molar-refractivity contribution >= 4 is 22.6 Å². The highest BCUT2D eigenvalue weighted by atomic mass is 16.5. The van der Waals surface area contributed by atoms with Gasteiger partial charge in [0.1, 0.15) is 5.82 Å². The number of carbonyl (C=O) groups is 1. The summed E-state index contributed by atoms with van der Waals surface area (Å²) in [6.45, 7) is 6.11. The number of nitrogens with zero attached hydrogens (tertiary/aromatic N) is 3. The number of ether oxygens (including phenoxy) is 2. The topological polar surface area (TPSA) is 56.6 Å². The van der Waals surface area contributed by atoms with Crippen LogP contribution < -0.4 is 14.4 Å². The minimum absolute atomic E-state index is 0.0470. The molecule has 0 spiro atoms. The standard InChI is InChI=1S/C29H31N3O3/c1-20-13-14-24(21(2)17-20)32-19-22(18-28(32)33)29-30-23-9-4-5-10-25(23)31(29)15-8-16-35-27-12-7-6-11-26(27)34-3/h4-7,9-14,17,22H,8,15-16,18-19H2,1-3H3/t22-/m1/s1. The zero-order valence-corrected chi connectivity index (χ0v) is 20.5. The maximum Gasteiger partial charge on any atom is 0.227 e. The number of hydrogen-bond donors (Lipinski definition) is 0. The molecule has 1 atom stereocenters. The lowest BCUT2D eigenvalue weighted by atomic mass is 10.1. The average Bonchev–Trinajstić information content (AvgIpc) is 3.42. The summed E-state index contributed by atoms with van der Waals surface area (Å²) in [4.78, 5) is 20.0. The molecule has 0 aliphatic carbocycles. The van der Waals surface area contributed by atoms with E-state index in [4.69, 9.17) is 14.5 Å². The highest BCUT2D eigenvalue weighted by molar-refractivity contribution is 5.97. The summed E-state index contributed by atoms with van der Waals surface area (Å²) in [5.74, 6) is 2.66. The molecule has 0 saturated carbocycles. The summed E-state index contributed by atoms with van der Waals surface area (Å²) in [6, 6.07) is 22.1. The van der Waals surface area contributed by atoms with Gasteiger partial charge in [-0.3, -0.25) is 4.79 Å². The number of imidazole rings is 1. The summed E-state index contributed by atoms with van der Waals surface area (Å²) in [6.07, 6.45) is 1.28. The summed E-state index contributed by atoms with van der Waals surface area (Å²) in [5, 5.41) is 0. The second-order valence-electron chi connectivity index (χ2n) is 9.16. The molecule has 2 heterocycles. The van der Waals surface area contributed by atoms with Gasteiger partial charge >= 0.3 is 0 Å². The Hall–Kier alpha value is -3.80. The zero-order chi connectivity index (χ0) is 24.4. The average molecular weight is 470 g/mol. The van der Waals surface area contributed by atoms with E-state index in [2.05, 4.69) is 42.7 Å². The molecule has 6 nitrogen and oxygen atoms in total. The van der Waals surface area contributed by atoms with Crippen molar-refractivity contribution in [3.8, 4) is 11.5 Å². The Kier molecular flexibility index (Phi) is 6.45. The minimum atomic E-state index is 0.0470. The molecule has 0 bridgehead atoms. The van der Waals surface area contributed by atoms with Gasteiger partial charge in [0.05, 0.1) is 24.8 Å². The fourth-order valence-corrected chi connectivity index (χ4v) is 5.01. The molecule has 1 saturated heterocycles. The fraction of sp³-hybridized carbons (Fsp3) is 0.310. The largest absolute Gasteiger partial charge is 0.493 e. The van der Waals surface area contributed by atoms with Crippen LogP contribution in [-0.4, -0.2) is 35.7 Å². The number of aromatic nitrogens is 2. The molecular weight excluding hydrogens is 438 g/mol. The van der Waals surface area contributed by atoms with Crippen LogP contribution in [-0.2, 0) is 11.3 Å². The van der Waals surface area contributed by atoms with Crippen LogP contribution in [0.25, 0.3) is 11.0 Å². The minimum Gasteiger partial charge on any atom is -0.493 e. The van der Waals surface area contributed by atoms with Gasteiger partial charge in [-0.05, 0) is 56.2 Å². The molecule has 0 N–H and O–H groups in total. The summed E-state index contributed by atoms with van der Waals surface area (Å²) in [5.41, 5.74) is 5.38. The third-order valence-electron chi connectivity index (χ3n) is 6.67. The first-order valence-corrected chi connectivity index (χ1v) is 12.1. The van der Waals surface area contributed by atoms with Crippen LogP contribution in [0, 0.1) is 13.8 Å². The predicted molar refractivity (Wildman–Crippen MR) is 138 cm³/mol. The van der Waals surface area contributed by atoms with Gasteiger partial charge < -0.3 is 18.9 Å². The first kappa shape index (κ1) is 23.0. The van der Waals surface area contributed by atoms with Crippen molar-refractivity contribution in [2.24, 2.45) is 0 Å². The Morgan fingerprint density at radius 2 is 1.77 bits per heavy atom. The van der Waals surface area contributed by atoms with Gasteiger partial charge in [0.15, 0.2) is 11.5 Å². The van der Waals surface area contributed by atoms with Gasteiger partial charge in [-0.1, -0.05) is 42.0 Å². The van der Waals surface area contributed by atoms with Crippen LogP contribution >= 0.6 is 0 Å². The Balaban J connectivity index is 1.35. The number of para-hydroxylation sites is 4. The Morgan fingerprint density at radius 3 is 2.57 bits per heavy atom. The van der Waals surface area contributed by atoms with Crippen molar-refractivity contribution in [1.82, 2.24) is 9.55 Å². The van der Waals surface area contributed by atoms with Gasteiger partial charge in [0.2, 0.25) is 5.91 Å². The van der Waals surface area contributed by atoms with Gasteiger partial charge in [-0.15, -0.1) is 0 Å². The van der Waals surface area contributed by atoms with E-state index in [1.807, 2.05) is 47.4 Å². The van der Waals surface area contributed by atoms with Crippen molar-refractivity contribution in [1.29, 1.82) is 0 Å². The lowest BCUT2D eigenvalue weighted by molar-refractivity contribution is -0.117. The first-order valence-electron chi connectivity index (χ1n) is 12.1. The molecule has 1 fully saturated rings. The SMILES string of the molecule is COc1ccccc1OCCCn1c([C@@H]2CC(=O)N(c3ccc(C)cc3C)C2)nc2ccccc21. The van der Waals surface area contributed by atoms with E-state index in [1.54, 1.807) is 7.11 Å². The molecule has 1 aromatic heterocycles. The van der Waals surface area contributed by atoms with Crippen LogP contribution in [0.2, 0.25) is 0 Å². The molecule has 5 rings (SSSR count). The molecule has 1 amide bonds. The normalized spacial score (nSPS) is 15.7. The monoisotopic (exact) mass is 469 g/mol. The van der Waals surface area contributed by atoms with Crippen LogP contribution in [0.1, 0.15) is 35.7 Å². The molecule has 0 unspecified atom stereocenters. The van der Waals surface area contributed by atoms with Crippen LogP contribution in [0.3, 0.4) is 0 Å². The molecule has 1 aliphatic heterocycles. The van der Waals surface area contributed by atoms with Crippen molar-refractivity contribution in [3.05, 3.63) is 83.7 Å². The second-order valence-corrected chi connectivity index (χ2v) is 9.16. The number of amides is 1. The lowest BCUT2D eigenvalue weighted by Gasteiger charge is -2.20. The van der Waals surface area contributed by atoms with Gasteiger partial charge in [0, 0.05) is 31.1 Å². The van der Waals surface area contributed by atoms with Crippen LogP contribution in [0.4, 0.5) is 5.69 Å². The maximum atomic E-state index is 13.1. The number of carbonyl (C=O) groups excluding carboxylic acids is 1. The molecule has 3 aromatic carbocycles. The van der Waals surface area contributed by atoms with E-state index in [0.29, 0.717) is 19.6 Å². The number of methoxy groups -OCH3 is 1. The lowest BCUT2D eigenvalue weighted by Crippen LogP contribution is -2.25. The predicted octanol–water partition coefficient (Wildman–Crippen LogP) is 5.65. The van der Waals surface area contributed by atoms with E-state index in [-0.39, 0.29) is 11.8 Å². The van der Waals surface area contributed by atoms with Crippen molar-refractivity contribution < 1.29 is 14.3 Å². The van der Waals surface area contributed by atoms with E-state index in [0.717, 1.165) is 52.6 Å². The van der Waals surface area contributed by atoms with E-state index in [9.17, 15) is 4.79 Å². The van der Waals surface area contributed by atoms with Gasteiger partial charge in [-0.2, -0.15) is 0 Å². The van der Waals surface area contributed by atoms with Crippen molar-refractivity contribution in [3.63, 3.8) is 0 Å². The smallest absolute Gasteiger partial charge is 0.227 e.